The summed E-state index contributed by atoms with van der Waals surface area (Å²) in [5.74, 6) is -1.89. The molecule has 2 N–H and O–H groups in total. The van der Waals surface area contributed by atoms with E-state index in [4.69, 9.17) is 5.11 Å². The molecule has 102 valence electrons. The molecule has 5 heteroatoms. The van der Waals surface area contributed by atoms with E-state index in [1.807, 2.05) is 37.4 Å². The lowest BCUT2D eigenvalue weighted by Gasteiger charge is -2.14. The average Bonchev–Trinajstić information content (AvgIpc) is 3.19. The van der Waals surface area contributed by atoms with Gasteiger partial charge < -0.3 is 10.4 Å². The largest absolute Gasteiger partial charge is 0.481 e. The predicted octanol–water partition coefficient (Wildman–Crippen LogP) is 2.31. The van der Waals surface area contributed by atoms with Gasteiger partial charge in [0.25, 0.3) is 0 Å². The fourth-order valence-electron chi connectivity index (χ4n) is 2.05. The molecule has 0 radical (unpaired) electrons. The van der Waals surface area contributed by atoms with E-state index in [0.717, 1.165) is 5.56 Å². The molecular formula is C14H17NO3S. The number of benzene rings is 1. The molecular weight excluding hydrogens is 262 g/mol. The normalized spacial score (nSPS) is 22.6. The van der Waals surface area contributed by atoms with Gasteiger partial charge in [0.1, 0.15) is 0 Å². The Hall–Kier alpha value is -1.49. The molecule has 4 nitrogen and oxygen atoms in total. The zero-order valence-corrected chi connectivity index (χ0v) is 11.7. The van der Waals surface area contributed by atoms with Gasteiger partial charge in [-0.2, -0.15) is 0 Å². The molecule has 1 aromatic rings. The van der Waals surface area contributed by atoms with E-state index < -0.39 is 11.9 Å². The Morgan fingerprint density at radius 3 is 2.42 bits per heavy atom. The molecule has 1 fully saturated rings. The molecule has 0 aliphatic heterocycles. The van der Waals surface area contributed by atoms with E-state index in [0.29, 0.717) is 6.42 Å². The Labute approximate surface area is 116 Å². The molecule has 1 aromatic carbocycles. The zero-order valence-electron chi connectivity index (χ0n) is 10.9. The first kappa shape index (κ1) is 13.9. The number of hydrogen-bond acceptors (Lipinski definition) is 3. The third-order valence-corrected chi connectivity index (χ3v) is 4.16. The van der Waals surface area contributed by atoms with Crippen molar-refractivity contribution in [3.05, 3.63) is 29.8 Å². The van der Waals surface area contributed by atoms with E-state index in [-0.39, 0.29) is 17.9 Å². The number of rotatable bonds is 5. The SMILES string of the molecule is CSc1ccc(C(C)NC(=O)[C@@H]2C[C@@H]2C(=O)O)cc1. The van der Waals surface area contributed by atoms with Gasteiger partial charge in [0.2, 0.25) is 5.91 Å². The van der Waals surface area contributed by atoms with E-state index in [9.17, 15) is 9.59 Å². The van der Waals surface area contributed by atoms with E-state index >= 15 is 0 Å². The van der Waals surface area contributed by atoms with Crippen LogP contribution in [0, 0.1) is 11.8 Å². The minimum absolute atomic E-state index is 0.0987. The molecule has 1 aliphatic carbocycles. The van der Waals surface area contributed by atoms with Crippen LogP contribution < -0.4 is 5.32 Å². The van der Waals surface area contributed by atoms with Gasteiger partial charge >= 0.3 is 5.97 Å². The second kappa shape index (κ2) is 5.65. The summed E-state index contributed by atoms with van der Waals surface area (Å²) in [7, 11) is 0. The quantitative estimate of drug-likeness (QED) is 0.812. The maximum Gasteiger partial charge on any atom is 0.307 e. The number of carbonyl (C=O) groups excluding carboxylic acids is 1. The summed E-state index contributed by atoms with van der Waals surface area (Å²) in [4.78, 5) is 23.7. The van der Waals surface area contributed by atoms with Crippen LogP contribution in [0.4, 0.5) is 0 Å². The van der Waals surface area contributed by atoms with Crippen LogP contribution in [0.2, 0.25) is 0 Å². The first-order chi connectivity index (χ1) is 9.02. The van der Waals surface area contributed by atoms with Crippen molar-refractivity contribution in [1.29, 1.82) is 0 Å². The van der Waals surface area contributed by atoms with Gasteiger partial charge in [-0.05, 0) is 37.3 Å². The molecule has 1 aliphatic rings. The summed E-state index contributed by atoms with van der Waals surface area (Å²) in [6.45, 7) is 1.91. The van der Waals surface area contributed by atoms with E-state index in [1.54, 1.807) is 11.8 Å². The molecule has 0 heterocycles. The van der Waals surface area contributed by atoms with Gasteiger partial charge in [0.15, 0.2) is 0 Å². The molecule has 0 aromatic heterocycles. The number of amides is 1. The lowest BCUT2D eigenvalue weighted by molar-refractivity contribution is -0.140. The highest BCUT2D eigenvalue weighted by molar-refractivity contribution is 7.98. The maximum absolute atomic E-state index is 11.8. The van der Waals surface area contributed by atoms with Crippen molar-refractivity contribution in [3.63, 3.8) is 0 Å². The molecule has 19 heavy (non-hydrogen) atoms. The van der Waals surface area contributed by atoms with Crippen molar-refractivity contribution in [1.82, 2.24) is 5.32 Å². The van der Waals surface area contributed by atoms with Crippen LogP contribution in [0.25, 0.3) is 0 Å². The maximum atomic E-state index is 11.8. The molecule has 0 saturated heterocycles. The molecule has 1 saturated carbocycles. The number of carboxylic acid groups (broad SMARTS) is 1. The Kier molecular flexibility index (Phi) is 4.14. The Bertz CT molecular complexity index is 486. The summed E-state index contributed by atoms with van der Waals surface area (Å²) in [6, 6.07) is 7.90. The molecule has 3 atom stereocenters. The Morgan fingerprint density at radius 2 is 1.95 bits per heavy atom. The average molecular weight is 279 g/mol. The fourth-order valence-corrected chi connectivity index (χ4v) is 2.46. The zero-order chi connectivity index (χ0) is 14.0. The minimum atomic E-state index is -0.878. The molecule has 1 unspecified atom stereocenters. The first-order valence-electron chi connectivity index (χ1n) is 6.20. The second-order valence-electron chi connectivity index (χ2n) is 4.79. The smallest absolute Gasteiger partial charge is 0.307 e. The second-order valence-corrected chi connectivity index (χ2v) is 5.67. The number of carboxylic acids is 1. The molecule has 1 amide bonds. The van der Waals surface area contributed by atoms with Crippen molar-refractivity contribution >= 4 is 23.6 Å². The van der Waals surface area contributed by atoms with Crippen LogP contribution in [0.1, 0.15) is 24.9 Å². The van der Waals surface area contributed by atoms with Gasteiger partial charge in [-0.25, -0.2) is 0 Å². The number of nitrogens with one attached hydrogen (secondary N) is 1. The van der Waals surface area contributed by atoms with Crippen LogP contribution in [-0.4, -0.2) is 23.2 Å². The Balaban J connectivity index is 1.91. The van der Waals surface area contributed by atoms with Crippen LogP contribution in [0.15, 0.2) is 29.2 Å². The predicted molar refractivity (Wildman–Crippen MR) is 74.0 cm³/mol. The summed E-state index contributed by atoms with van der Waals surface area (Å²) >= 11 is 1.67. The Morgan fingerprint density at radius 1 is 1.32 bits per heavy atom. The van der Waals surface area contributed by atoms with Crippen molar-refractivity contribution in [2.75, 3.05) is 6.26 Å². The van der Waals surface area contributed by atoms with Crippen LogP contribution in [0.3, 0.4) is 0 Å². The van der Waals surface area contributed by atoms with Gasteiger partial charge in [0, 0.05) is 4.90 Å². The highest BCUT2D eigenvalue weighted by atomic mass is 32.2. The molecule has 0 spiro atoms. The topological polar surface area (TPSA) is 66.4 Å². The third-order valence-electron chi connectivity index (χ3n) is 3.42. The summed E-state index contributed by atoms with van der Waals surface area (Å²) < 4.78 is 0. The number of aliphatic carboxylic acids is 1. The van der Waals surface area contributed by atoms with Gasteiger partial charge in [0.05, 0.1) is 17.9 Å². The summed E-state index contributed by atoms with van der Waals surface area (Å²) in [5, 5.41) is 11.7. The first-order valence-corrected chi connectivity index (χ1v) is 7.42. The van der Waals surface area contributed by atoms with Crippen molar-refractivity contribution < 1.29 is 14.7 Å². The highest BCUT2D eigenvalue weighted by Gasteiger charge is 2.48. The summed E-state index contributed by atoms with van der Waals surface area (Å²) in [6.07, 6.45) is 2.47. The van der Waals surface area contributed by atoms with Crippen LogP contribution in [0.5, 0.6) is 0 Å². The van der Waals surface area contributed by atoms with Crippen LogP contribution >= 0.6 is 11.8 Å². The molecule has 0 bridgehead atoms. The third kappa shape index (κ3) is 3.29. The number of thioether (sulfide) groups is 1. The van der Waals surface area contributed by atoms with E-state index in [2.05, 4.69) is 5.32 Å². The number of hydrogen-bond donors (Lipinski definition) is 2. The minimum Gasteiger partial charge on any atom is -0.481 e. The van der Waals surface area contributed by atoms with Crippen LogP contribution in [-0.2, 0) is 9.59 Å². The van der Waals surface area contributed by atoms with Gasteiger partial charge in [-0.15, -0.1) is 11.8 Å². The lowest BCUT2D eigenvalue weighted by Crippen LogP contribution is -2.29. The van der Waals surface area contributed by atoms with Gasteiger partial charge in [-0.3, -0.25) is 9.59 Å². The fraction of sp³-hybridized carbons (Fsp3) is 0.429. The number of carbonyl (C=O) groups is 2. The van der Waals surface area contributed by atoms with Gasteiger partial charge in [-0.1, -0.05) is 12.1 Å². The lowest BCUT2D eigenvalue weighted by atomic mass is 10.1. The monoisotopic (exact) mass is 279 g/mol. The highest BCUT2D eigenvalue weighted by Crippen LogP contribution is 2.39. The standard InChI is InChI=1S/C14H17NO3S/c1-8(9-3-5-10(19-2)6-4-9)15-13(16)11-7-12(11)14(17)18/h3-6,8,11-12H,7H2,1-2H3,(H,15,16)(H,17,18)/t8?,11-,12+/m1/s1. The van der Waals surface area contributed by atoms with E-state index in [1.165, 1.54) is 4.90 Å². The summed E-state index contributed by atoms with van der Waals surface area (Å²) in [5.41, 5.74) is 1.03. The van der Waals surface area contributed by atoms with Crippen molar-refractivity contribution in [2.45, 2.75) is 24.3 Å². The molecule has 2 rings (SSSR count). The van der Waals surface area contributed by atoms with Crippen molar-refractivity contribution in [3.8, 4) is 0 Å². The van der Waals surface area contributed by atoms with Crippen molar-refractivity contribution in [2.24, 2.45) is 11.8 Å².